The van der Waals surface area contributed by atoms with E-state index in [1.54, 1.807) is 14.0 Å². The number of carbonyl (C=O) groups is 1. The standard InChI is InChI=1S/C20H22N2O4/c1-12(23)13-4-6-15(7-5-13)21-20-17-14(8-9-22(20)2)10-16-18(19(17)24-3)26-11-25-16/h4-7,10,20-21H,8-9,11H2,1-3H3/p+1/t20-/m1/s1. The van der Waals surface area contributed by atoms with Crippen LogP contribution in [0.25, 0.3) is 0 Å². The molecule has 6 nitrogen and oxygen atoms in total. The molecule has 0 fully saturated rings. The molecule has 0 spiro atoms. The largest absolute Gasteiger partial charge is 0.492 e. The zero-order valence-electron chi connectivity index (χ0n) is 15.2. The van der Waals surface area contributed by atoms with Gasteiger partial charge in [-0.25, -0.2) is 0 Å². The molecule has 2 aliphatic heterocycles. The predicted octanol–water partition coefficient (Wildman–Crippen LogP) is 1.81. The van der Waals surface area contributed by atoms with Gasteiger partial charge < -0.3 is 24.4 Å². The minimum atomic E-state index is 0.0198. The van der Waals surface area contributed by atoms with Gasteiger partial charge in [0.05, 0.1) is 26.3 Å². The van der Waals surface area contributed by atoms with Crippen LogP contribution in [0.1, 0.15) is 34.6 Å². The number of hydrogen-bond acceptors (Lipinski definition) is 5. The molecule has 2 atom stereocenters. The van der Waals surface area contributed by atoms with Crippen molar-refractivity contribution in [3.63, 3.8) is 0 Å². The SMILES string of the molecule is COc1c2c(cc3c1[C@H](Nc1ccc(C(C)=O)cc1)[NH+](C)CC3)OCO2. The lowest BCUT2D eigenvalue weighted by atomic mass is 9.94. The van der Waals surface area contributed by atoms with E-state index in [0.29, 0.717) is 11.3 Å². The number of fused-ring (bicyclic) bond motifs is 2. The van der Waals surface area contributed by atoms with Crippen LogP contribution in [-0.4, -0.2) is 33.3 Å². The average molecular weight is 355 g/mol. The van der Waals surface area contributed by atoms with Crippen molar-refractivity contribution in [3.8, 4) is 17.2 Å². The summed E-state index contributed by atoms with van der Waals surface area (Å²) < 4.78 is 16.9. The second-order valence-corrected chi connectivity index (χ2v) is 6.77. The molecule has 6 heteroatoms. The smallest absolute Gasteiger partial charge is 0.231 e. The van der Waals surface area contributed by atoms with Crippen molar-refractivity contribution in [3.05, 3.63) is 47.0 Å². The molecule has 1 unspecified atom stereocenters. The molecule has 4 rings (SSSR count). The Morgan fingerprint density at radius 2 is 2.04 bits per heavy atom. The van der Waals surface area contributed by atoms with Gasteiger partial charge in [-0.3, -0.25) is 4.79 Å². The molecule has 2 aromatic rings. The molecule has 2 heterocycles. The molecule has 26 heavy (non-hydrogen) atoms. The molecular weight excluding hydrogens is 332 g/mol. The van der Waals surface area contributed by atoms with Gasteiger partial charge in [-0.2, -0.15) is 0 Å². The molecule has 0 bridgehead atoms. The molecule has 2 aromatic carbocycles. The van der Waals surface area contributed by atoms with E-state index in [2.05, 4.69) is 18.4 Å². The lowest BCUT2D eigenvalue weighted by molar-refractivity contribution is -0.910. The second kappa shape index (κ2) is 6.53. The number of quaternary nitrogens is 1. The molecule has 2 N–H and O–H groups in total. The van der Waals surface area contributed by atoms with Gasteiger partial charge in [0, 0.05) is 17.7 Å². The van der Waals surface area contributed by atoms with Crippen molar-refractivity contribution in [1.82, 2.24) is 0 Å². The van der Waals surface area contributed by atoms with Crippen LogP contribution in [0, 0.1) is 0 Å². The van der Waals surface area contributed by atoms with Gasteiger partial charge in [-0.1, -0.05) is 0 Å². The number of benzene rings is 2. The maximum Gasteiger partial charge on any atom is 0.231 e. The number of nitrogens with one attached hydrogen (secondary N) is 2. The van der Waals surface area contributed by atoms with Crippen LogP contribution in [0.3, 0.4) is 0 Å². The third-order valence-electron chi connectivity index (χ3n) is 5.12. The van der Waals surface area contributed by atoms with Crippen LogP contribution < -0.4 is 24.4 Å². The first-order chi connectivity index (χ1) is 12.6. The monoisotopic (exact) mass is 355 g/mol. The maximum atomic E-state index is 11.5. The third kappa shape index (κ3) is 2.76. The third-order valence-corrected chi connectivity index (χ3v) is 5.12. The molecule has 0 amide bonds. The Bertz CT molecular complexity index is 848. The first-order valence-electron chi connectivity index (χ1n) is 8.77. The Balaban J connectivity index is 1.72. The molecule has 136 valence electrons. The highest BCUT2D eigenvalue weighted by Crippen LogP contribution is 2.47. The van der Waals surface area contributed by atoms with Crippen LogP contribution in [0.2, 0.25) is 0 Å². The number of ketones is 1. The zero-order valence-corrected chi connectivity index (χ0v) is 15.2. The first kappa shape index (κ1) is 16.7. The summed E-state index contributed by atoms with van der Waals surface area (Å²) in [4.78, 5) is 12.8. The van der Waals surface area contributed by atoms with Gasteiger partial charge in [0.2, 0.25) is 12.5 Å². The van der Waals surface area contributed by atoms with Crippen LogP contribution in [-0.2, 0) is 6.42 Å². The van der Waals surface area contributed by atoms with Crippen molar-refractivity contribution in [2.75, 3.05) is 32.8 Å². The van der Waals surface area contributed by atoms with E-state index in [1.165, 1.54) is 10.5 Å². The fraction of sp³-hybridized carbons (Fsp3) is 0.350. The van der Waals surface area contributed by atoms with Gasteiger partial charge >= 0.3 is 0 Å². The summed E-state index contributed by atoms with van der Waals surface area (Å²) in [6.45, 7) is 2.80. The number of carbonyl (C=O) groups excluding carboxylic acids is 1. The summed E-state index contributed by atoms with van der Waals surface area (Å²) in [7, 11) is 3.83. The fourth-order valence-corrected chi connectivity index (χ4v) is 3.69. The maximum absolute atomic E-state index is 11.5. The van der Waals surface area contributed by atoms with E-state index in [4.69, 9.17) is 14.2 Å². The van der Waals surface area contributed by atoms with Crippen LogP contribution in [0.15, 0.2) is 30.3 Å². The summed E-state index contributed by atoms with van der Waals surface area (Å²) in [5.41, 5.74) is 4.00. The van der Waals surface area contributed by atoms with Gasteiger partial charge in [-0.05, 0) is 42.8 Å². The zero-order chi connectivity index (χ0) is 18.3. The highest BCUT2D eigenvalue weighted by atomic mass is 16.7. The highest BCUT2D eigenvalue weighted by Gasteiger charge is 2.36. The number of likely N-dealkylation sites (N-methyl/N-ethyl adjacent to an activating group) is 1. The minimum absolute atomic E-state index is 0.0198. The quantitative estimate of drug-likeness (QED) is 0.819. The topological polar surface area (TPSA) is 61.2 Å². The Kier molecular flexibility index (Phi) is 4.20. The van der Waals surface area contributed by atoms with Crippen molar-refractivity contribution < 1.29 is 23.9 Å². The molecule has 0 aliphatic carbocycles. The van der Waals surface area contributed by atoms with Crippen molar-refractivity contribution in [2.45, 2.75) is 19.5 Å². The summed E-state index contributed by atoms with van der Waals surface area (Å²) in [6, 6.07) is 9.65. The normalized spacial score (nSPS) is 20.4. The first-order valence-corrected chi connectivity index (χ1v) is 8.77. The van der Waals surface area contributed by atoms with E-state index in [1.807, 2.05) is 24.3 Å². The van der Waals surface area contributed by atoms with Crippen molar-refractivity contribution in [1.29, 1.82) is 0 Å². The Hall–Kier alpha value is -2.73. The van der Waals surface area contributed by atoms with Gasteiger partial charge in [0.25, 0.3) is 0 Å². The number of Topliss-reactive ketones (excluding diaryl/α,β-unsaturated/α-hetero) is 1. The number of rotatable bonds is 4. The van der Waals surface area contributed by atoms with Crippen molar-refractivity contribution in [2.24, 2.45) is 0 Å². The fourth-order valence-electron chi connectivity index (χ4n) is 3.69. The van der Waals surface area contributed by atoms with Gasteiger partial charge in [0.15, 0.2) is 23.4 Å². The van der Waals surface area contributed by atoms with Crippen LogP contribution in [0.4, 0.5) is 5.69 Å². The Morgan fingerprint density at radius 3 is 2.73 bits per heavy atom. The molecular formula is C20H23N2O4+. The van der Waals surface area contributed by atoms with Crippen LogP contribution in [0.5, 0.6) is 17.2 Å². The summed E-state index contributed by atoms with van der Waals surface area (Å²) >= 11 is 0. The molecule has 2 aliphatic rings. The van der Waals surface area contributed by atoms with E-state index in [-0.39, 0.29) is 18.7 Å². The van der Waals surface area contributed by atoms with Crippen LogP contribution >= 0.6 is 0 Å². The summed E-state index contributed by atoms with van der Waals surface area (Å²) in [6.07, 6.45) is 0.974. The Morgan fingerprint density at radius 1 is 1.27 bits per heavy atom. The highest BCUT2D eigenvalue weighted by molar-refractivity contribution is 5.94. The van der Waals surface area contributed by atoms with Gasteiger partial charge in [0.1, 0.15) is 0 Å². The van der Waals surface area contributed by atoms with E-state index < -0.39 is 0 Å². The average Bonchev–Trinajstić information content (AvgIpc) is 3.11. The van der Waals surface area contributed by atoms with E-state index >= 15 is 0 Å². The number of ether oxygens (including phenoxy) is 3. The van der Waals surface area contributed by atoms with Crippen molar-refractivity contribution >= 4 is 11.5 Å². The molecule has 0 saturated heterocycles. The summed E-state index contributed by atoms with van der Waals surface area (Å²) in [5, 5.41) is 3.59. The van der Waals surface area contributed by atoms with E-state index in [9.17, 15) is 4.79 Å². The number of hydrogen-bond donors (Lipinski definition) is 2. The number of anilines is 1. The minimum Gasteiger partial charge on any atom is -0.492 e. The lowest BCUT2D eigenvalue weighted by Crippen LogP contribution is -3.11. The molecule has 0 saturated carbocycles. The lowest BCUT2D eigenvalue weighted by Gasteiger charge is -2.33. The van der Waals surface area contributed by atoms with E-state index in [0.717, 1.165) is 35.7 Å². The van der Waals surface area contributed by atoms with Gasteiger partial charge in [-0.15, -0.1) is 0 Å². The predicted molar refractivity (Wildman–Crippen MR) is 97.4 cm³/mol. The summed E-state index contributed by atoms with van der Waals surface area (Å²) in [5.74, 6) is 2.24. The molecule has 0 radical (unpaired) electrons. The molecule has 0 aromatic heterocycles. The second-order valence-electron chi connectivity index (χ2n) is 6.77. The number of methoxy groups -OCH3 is 1. The Labute approximate surface area is 152 Å².